The molecule has 0 aliphatic rings. The normalized spacial score (nSPS) is 12.6. The monoisotopic (exact) mass is 851 g/mol. The third-order valence-corrected chi connectivity index (χ3v) is 10.7. The number of rotatable bonds is 45. The van der Waals surface area contributed by atoms with E-state index in [0.29, 0.717) is 19.3 Å². The molecule has 6 heteroatoms. The van der Waals surface area contributed by atoms with Gasteiger partial charge < -0.3 is 14.2 Å². The Kier molecular flexibility index (Phi) is 46.9. The number of carbonyl (C=O) groups excluding carboxylic acids is 3. The average molecular weight is 851 g/mol. The van der Waals surface area contributed by atoms with Crippen molar-refractivity contribution in [2.45, 2.75) is 245 Å². The van der Waals surface area contributed by atoms with Crippen LogP contribution >= 0.6 is 0 Å². The fourth-order valence-corrected chi connectivity index (χ4v) is 6.75. The van der Waals surface area contributed by atoms with E-state index in [1.165, 1.54) is 96.3 Å². The molecule has 0 fully saturated rings. The lowest BCUT2D eigenvalue weighted by atomic mass is 10.1. The number of carbonyl (C=O) groups is 3. The van der Waals surface area contributed by atoms with Crippen molar-refractivity contribution >= 4 is 17.9 Å². The van der Waals surface area contributed by atoms with Crippen molar-refractivity contribution in [3.63, 3.8) is 0 Å². The van der Waals surface area contributed by atoms with Gasteiger partial charge in [-0.05, 0) is 109 Å². The minimum Gasteiger partial charge on any atom is -0.462 e. The molecule has 0 spiro atoms. The van der Waals surface area contributed by atoms with Crippen LogP contribution in [-0.4, -0.2) is 37.2 Å². The first kappa shape index (κ1) is 57.9. The molecule has 0 N–H and O–H groups in total. The summed E-state index contributed by atoms with van der Waals surface area (Å²) in [5, 5.41) is 0. The van der Waals surface area contributed by atoms with E-state index in [1.807, 2.05) is 0 Å². The van der Waals surface area contributed by atoms with Crippen LogP contribution in [0.25, 0.3) is 0 Å². The lowest BCUT2D eigenvalue weighted by Gasteiger charge is -2.18. The predicted octanol–water partition coefficient (Wildman–Crippen LogP) is 16.6. The minimum atomic E-state index is -0.794. The Balaban J connectivity index is 4.43. The Bertz CT molecular complexity index is 1160. The minimum absolute atomic E-state index is 0.0938. The molecule has 1 atom stereocenters. The lowest BCUT2D eigenvalue weighted by Crippen LogP contribution is -2.30. The summed E-state index contributed by atoms with van der Waals surface area (Å²) in [5.41, 5.74) is 0. The number of ether oxygens (including phenoxy) is 3. The topological polar surface area (TPSA) is 78.9 Å². The standard InChI is InChI=1S/C55H94O6/c1-4-7-10-13-16-19-22-24-25-26-27-28-29-31-33-36-39-42-45-48-54(57)60-51-52(50-59-53(56)47-44-41-38-35-32-21-18-15-12-9-6-3)61-55(58)49-46-43-40-37-34-30-23-20-17-14-11-8-5-2/h15-16,18-20,23-25,27-28,31,33,52H,4-14,17,21-22,26,29-30,32,34-51H2,1-3H3/b18-15-,19-16-,23-20-,25-24-,28-27-,33-31-/t52-/m0/s1. The molecule has 0 aliphatic heterocycles. The van der Waals surface area contributed by atoms with Gasteiger partial charge in [0.15, 0.2) is 6.10 Å². The number of esters is 3. The molecule has 0 aromatic carbocycles. The van der Waals surface area contributed by atoms with E-state index in [4.69, 9.17) is 14.2 Å². The maximum Gasteiger partial charge on any atom is 0.306 e. The highest BCUT2D eigenvalue weighted by Gasteiger charge is 2.19. The second kappa shape index (κ2) is 49.5. The van der Waals surface area contributed by atoms with E-state index in [9.17, 15) is 14.4 Å². The highest BCUT2D eigenvalue weighted by Crippen LogP contribution is 2.13. The van der Waals surface area contributed by atoms with Crippen LogP contribution in [-0.2, 0) is 28.6 Å². The fraction of sp³-hybridized carbons (Fsp3) is 0.727. The molecule has 0 heterocycles. The van der Waals surface area contributed by atoms with Crippen molar-refractivity contribution in [1.29, 1.82) is 0 Å². The molecule has 0 aliphatic carbocycles. The van der Waals surface area contributed by atoms with Crippen LogP contribution in [0.15, 0.2) is 72.9 Å². The molecule has 0 aromatic heterocycles. The van der Waals surface area contributed by atoms with Crippen LogP contribution in [0.2, 0.25) is 0 Å². The van der Waals surface area contributed by atoms with E-state index in [0.717, 1.165) is 103 Å². The smallest absolute Gasteiger partial charge is 0.306 e. The molecule has 0 rings (SSSR count). The third-order valence-electron chi connectivity index (χ3n) is 10.7. The highest BCUT2D eigenvalue weighted by atomic mass is 16.6. The second-order valence-electron chi connectivity index (χ2n) is 16.7. The summed E-state index contributed by atoms with van der Waals surface area (Å²) in [4.78, 5) is 37.9. The summed E-state index contributed by atoms with van der Waals surface area (Å²) >= 11 is 0. The molecule has 0 unspecified atom stereocenters. The second-order valence-corrected chi connectivity index (χ2v) is 16.7. The van der Waals surface area contributed by atoms with Gasteiger partial charge in [0, 0.05) is 19.3 Å². The number of allylic oxidation sites excluding steroid dienone is 12. The van der Waals surface area contributed by atoms with Gasteiger partial charge in [0.25, 0.3) is 0 Å². The van der Waals surface area contributed by atoms with Crippen molar-refractivity contribution in [3.8, 4) is 0 Å². The van der Waals surface area contributed by atoms with Gasteiger partial charge in [0.2, 0.25) is 0 Å². The van der Waals surface area contributed by atoms with Crippen LogP contribution in [0.5, 0.6) is 0 Å². The largest absolute Gasteiger partial charge is 0.462 e. The Hall–Kier alpha value is -3.15. The molecule has 350 valence electrons. The van der Waals surface area contributed by atoms with Crippen LogP contribution in [0.1, 0.15) is 239 Å². The number of unbranched alkanes of at least 4 members (excludes halogenated alkanes) is 22. The molecule has 0 saturated carbocycles. The maximum absolute atomic E-state index is 12.8. The predicted molar refractivity (Wildman–Crippen MR) is 261 cm³/mol. The first-order valence-corrected chi connectivity index (χ1v) is 25.4. The van der Waals surface area contributed by atoms with Crippen molar-refractivity contribution in [2.75, 3.05) is 13.2 Å². The molecule has 0 bridgehead atoms. The average Bonchev–Trinajstić information content (AvgIpc) is 3.26. The van der Waals surface area contributed by atoms with Gasteiger partial charge in [-0.3, -0.25) is 14.4 Å². The zero-order valence-electron chi connectivity index (χ0n) is 39.9. The van der Waals surface area contributed by atoms with Crippen molar-refractivity contribution in [3.05, 3.63) is 72.9 Å². The molecule has 0 saturated heterocycles. The molecule has 0 amide bonds. The maximum atomic E-state index is 12.8. The lowest BCUT2D eigenvalue weighted by molar-refractivity contribution is -0.167. The van der Waals surface area contributed by atoms with Crippen molar-refractivity contribution in [2.24, 2.45) is 0 Å². The van der Waals surface area contributed by atoms with Crippen molar-refractivity contribution < 1.29 is 28.6 Å². The molecule has 0 radical (unpaired) electrons. The van der Waals surface area contributed by atoms with E-state index >= 15 is 0 Å². The molecule has 61 heavy (non-hydrogen) atoms. The van der Waals surface area contributed by atoms with Gasteiger partial charge in [0.05, 0.1) is 0 Å². The zero-order valence-corrected chi connectivity index (χ0v) is 39.9. The van der Waals surface area contributed by atoms with Crippen LogP contribution in [0.3, 0.4) is 0 Å². The van der Waals surface area contributed by atoms with E-state index in [2.05, 4.69) is 93.7 Å². The number of hydrogen-bond donors (Lipinski definition) is 0. The van der Waals surface area contributed by atoms with Gasteiger partial charge in [0.1, 0.15) is 13.2 Å². The molecular formula is C55H94O6. The molecule has 0 aromatic rings. The Morgan fingerprint density at radius 2 is 0.607 bits per heavy atom. The van der Waals surface area contributed by atoms with Gasteiger partial charge in [-0.15, -0.1) is 0 Å². The highest BCUT2D eigenvalue weighted by molar-refractivity contribution is 5.71. The van der Waals surface area contributed by atoms with Gasteiger partial charge in [-0.25, -0.2) is 0 Å². The third kappa shape index (κ3) is 47.7. The van der Waals surface area contributed by atoms with Crippen LogP contribution < -0.4 is 0 Å². The van der Waals surface area contributed by atoms with E-state index < -0.39 is 6.10 Å². The first-order valence-electron chi connectivity index (χ1n) is 25.4. The van der Waals surface area contributed by atoms with E-state index in [-0.39, 0.29) is 31.1 Å². The summed E-state index contributed by atoms with van der Waals surface area (Å²) in [6.07, 6.45) is 61.7. The molecule has 6 nitrogen and oxygen atoms in total. The number of hydrogen-bond acceptors (Lipinski definition) is 6. The van der Waals surface area contributed by atoms with Crippen LogP contribution in [0, 0.1) is 0 Å². The zero-order chi connectivity index (χ0) is 44.4. The summed E-state index contributed by atoms with van der Waals surface area (Å²) in [7, 11) is 0. The van der Waals surface area contributed by atoms with Gasteiger partial charge in [-0.2, -0.15) is 0 Å². The summed E-state index contributed by atoms with van der Waals surface area (Å²) < 4.78 is 16.7. The first-order chi connectivity index (χ1) is 30.0. The summed E-state index contributed by atoms with van der Waals surface area (Å²) in [6, 6.07) is 0. The summed E-state index contributed by atoms with van der Waals surface area (Å²) in [5.74, 6) is -0.945. The Morgan fingerprint density at radius 1 is 0.328 bits per heavy atom. The van der Waals surface area contributed by atoms with Gasteiger partial charge in [-0.1, -0.05) is 184 Å². The fourth-order valence-electron chi connectivity index (χ4n) is 6.75. The molecular weight excluding hydrogens is 757 g/mol. The van der Waals surface area contributed by atoms with Crippen molar-refractivity contribution in [1.82, 2.24) is 0 Å². The van der Waals surface area contributed by atoms with E-state index in [1.54, 1.807) is 0 Å². The van der Waals surface area contributed by atoms with Crippen LogP contribution in [0.4, 0.5) is 0 Å². The quantitative estimate of drug-likeness (QED) is 0.0263. The van der Waals surface area contributed by atoms with Gasteiger partial charge >= 0.3 is 17.9 Å². The Morgan fingerprint density at radius 3 is 1.03 bits per heavy atom. The SMILES string of the molecule is CCCC/C=C\CCCCCCCC(=O)OC[C@@H](COC(=O)CCCCC/C=C\C/C=C\C/C=C\C/C=C\CCCCC)OC(=O)CCCCCCC/C=C\CCCCCC. The Labute approximate surface area is 376 Å². The summed E-state index contributed by atoms with van der Waals surface area (Å²) in [6.45, 7) is 6.51.